The Morgan fingerprint density at radius 3 is 2.44 bits per heavy atom. The van der Waals surface area contributed by atoms with Crippen LogP contribution in [0.25, 0.3) is 0 Å². The Kier molecular flexibility index (Phi) is 6.54. The highest BCUT2D eigenvalue weighted by molar-refractivity contribution is 7.89. The molecule has 1 amide bonds. The van der Waals surface area contributed by atoms with Crippen LogP contribution in [0.1, 0.15) is 12.5 Å². The fourth-order valence-electron chi connectivity index (χ4n) is 3.80. The molecule has 10 heteroatoms. The van der Waals surface area contributed by atoms with Gasteiger partial charge in [-0.3, -0.25) is 9.69 Å². The van der Waals surface area contributed by atoms with Gasteiger partial charge in [0.25, 0.3) is 0 Å². The molecule has 9 nitrogen and oxygen atoms in total. The molecule has 1 saturated heterocycles. The van der Waals surface area contributed by atoms with Gasteiger partial charge in [0.2, 0.25) is 22.7 Å². The lowest BCUT2D eigenvalue weighted by molar-refractivity contribution is -0.134. The third-order valence-electron chi connectivity index (χ3n) is 5.60. The number of fused-ring (bicyclic) bond motifs is 1. The van der Waals surface area contributed by atoms with Gasteiger partial charge in [-0.2, -0.15) is 4.72 Å². The molecule has 2 heterocycles. The third-order valence-corrected chi connectivity index (χ3v) is 7.16. The molecule has 0 unspecified atom stereocenters. The second-order valence-electron chi connectivity index (χ2n) is 7.81. The molecule has 0 aliphatic carbocycles. The van der Waals surface area contributed by atoms with Gasteiger partial charge >= 0.3 is 0 Å². The van der Waals surface area contributed by atoms with Crippen LogP contribution < -0.4 is 18.9 Å². The third kappa shape index (κ3) is 4.98. The van der Waals surface area contributed by atoms with E-state index in [4.69, 9.17) is 14.2 Å². The van der Waals surface area contributed by atoms with E-state index in [1.54, 1.807) is 24.0 Å². The number of amides is 1. The number of ether oxygens (including phenoxy) is 3. The largest absolute Gasteiger partial charge is 0.497 e. The zero-order valence-electron chi connectivity index (χ0n) is 18.1. The van der Waals surface area contributed by atoms with Crippen LogP contribution >= 0.6 is 0 Å². The molecule has 0 radical (unpaired) electrons. The SMILES string of the molecule is COc1ccc(S(=O)(=O)N[C@@H](C)C(=O)N2CCN(Cc3ccc4c(c3)OCO4)CC2)cc1. The molecule has 1 fully saturated rings. The van der Waals surface area contributed by atoms with E-state index in [9.17, 15) is 13.2 Å². The number of carbonyl (C=O) groups is 1. The number of carbonyl (C=O) groups excluding carboxylic acids is 1. The Balaban J connectivity index is 1.29. The maximum Gasteiger partial charge on any atom is 0.241 e. The Labute approximate surface area is 187 Å². The van der Waals surface area contributed by atoms with Gasteiger partial charge in [0.1, 0.15) is 5.75 Å². The van der Waals surface area contributed by atoms with Crippen molar-refractivity contribution in [3.05, 3.63) is 48.0 Å². The van der Waals surface area contributed by atoms with Gasteiger partial charge in [-0.25, -0.2) is 8.42 Å². The first-order valence-corrected chi connectivity index (χ1v) is 11.9. The van der Waals surface area contributed by atoms with Gasteiger partial charge in [-0.1, -0.05) is 6.07 Å². The highest BCUT2D eigenvalue weighted by Crippen LogP contribution is 2.32. The molecule has 32 heavy (non-hydrogen) atoms. The standard InChI is InChI=1S/C22H27N3O6S/c1-16(23-32(27,28)19-6-4-18(29-2)5-7-19)22(26)25-11-9-24(10-12-25)14-17-3-8-20-21(13-17)31-15-30-20/h3-8,13,16,23H,9-12,14-15H2,1-2H3/t16-/m0/s1. The lowest BCUT2D eigenvalue weighted by atomic mass is 10.1. The number of hydrogen-bond acceptors (Lipinski definition) is 7. The van der Waals surface area contributed by atoms with Gasteiger partial charge in [-0.05, 0) is 48.9 Å². The zero-order valence-corrected chi connectivity index (χ0v) is 18.9. The summed E-state index contributed by atoms with van der Waals surface area (Å²) in [7, 11) is -2.30. The molecule has 2 aliphatic heterocycles. The minimum absolute atomic E-state index is 0.0893. The van der Waals surface area contributed by atoms with Crippen molar-refractivity contribution in [3.63, 3.8) is 0 Å². The van der Waals surface area contributed by atoms with Crippen LogP contribution in [0.4, 0.5) is 0 Å². The van der Waals surface area contributed by atoms with Gasteiger partial charge in [0.05, 0.1) is 18.0 Å². The summed E-state index contributed by atoms with van der Waals surface area (Å²) in [5, 5.41) is 0. The van der Waals surface area contributed by atoms with E-state index < -0.39 is 16.1 Å². The van der Waals surface area contributed by atoms with Crippen LogP contribution in [-0.2, 0) is 21.4 Å². The minimum Gasteiger partial charge on any atom is -0.497 e. The van der Waals surface area contributed by atoms with Crippen LogP contribution in [0, 0.1) is 0 Å². The second kappa shape index (κ2) is 9.35. The van der Waals surface area contributed by atoms with Gasteiger partial charge in [0, 0.05) is 32.7 Å². The molecule has 0 aromatic heterocycles. The number of nitrogens with zero attached hydrogens (tertiary/aromatic N) is 2. The molecule has 0 bridgehead atoms. The van der Waals surface area contributed by atoms with E-state index in [1.807, 2.05) is 18.2 Å². The monoisotopic (exact) mass is 461 g/mol. The lowest BCUT2D eigenvalue weighted by Crippen LogP contribution is -2.53. The van der Waals surface area contributed by atoms with Crippen molar-refractivity contribution in [2.45, 2.75) is 24.4 Å². The topological polar surface area (TPSA) is 97.4 Å². The number of nitrogens with one attached hydrogen (secondary N) is 1. The summed E-state index contributed by atoms with van der Waals surface area (Å²) in [5.74, 6) is 1.85. The van der Waals surface area contributed by atoms with E-state index in [0.717, 1.165) is 23.6 Å². The smallest absolute Gasteiger partial charge is 0.241 e. The first-order valence-electron chi connectivity index (χ1n) is 10.4. The minimum atomic E-state index is -3.81. The summed E-state index contributed by atoms with van der Waals surface area (Å²) in [6.07, 6.45) is 0. The zero-order chi connectivity index (χ0) is 22.7. The Hall–Kier alpha value is -2.82. The van der Waals surface area contributed by atoms with E-state index in [0.29, 0.717) is 31.9 Å². The van der Waals surface area contributed by atoms with Crippen molar-refractivity contribution in [2.75, 3.05) is 40.1 Å². The molecule has 1 atom stereocenters. The number of methoxy groups -OCH3 is 1. The summed E-state index contributed by atoms with van der Waals surface area (Å²) in [6, 6.07) is 11.1. The van der Waals surface area contributed by atoms with Crippen LogP contribution in [0.15, 0.2) is 47.4 Å². The van der Waals surface area contributed by atoms with Crippen molar-refractivity contribution in [2.24, 2.45) is 0 Å². The molecule has 0 spiro atoms. The summed E-state index contributed by atoms with van der Waals surface area (Å²) in [4.78, 5) is 16.9. The summed E-state index contributed by atoms with van der Waals surface area (Å²) in [5.41, 5.74) is 1.12. The predicted molar refractivity (Wildman–Crippen MR) is 117 cm³/mol. The van der Waals surface area contributed by atoms with Crippen LogP contribution in [0.5, 0.6) is 17.2 Å². The van der Waals surface area contributed by atoms with Crippen molar-refractivity contribution >= 4 is 15.9 Å². The van der Waals surface area contributed by atoms with Gasteiger partial charge < -0.3 is 19.1 Å². The van der Waals surface area contributed by atoms with Crippen molar-refractivity contribution in [1.29, 1.82) is 0 Å². The lowest BCUT2D eigenvalue weighted by Gasteiger charge is -2.36. The molecule has 2 aromatic rings. The van der Waals surface area contributed by atoms with E-state index >= 15 is 0 Å². The predicted octanol–water partition coefficient (Wildman–Crippen LogP) is 1.44. The molecule has 2 aliphatic rings. The van der Waals surface area contributed by atoms with Crippen molar-refractivity contribution in [3.8, 4) is 17.2 Å². The van der Waals surface area contributed by atoms with Crippen molar-refractivity contribution < 1.29 is 27.4 Å². The van der Waals surface area contributed by atoms with E-state index in [1.165, 1.54) is 19.2 Å². The summed E-state index contributed by atoms with van der Waals surface area (Å²) >= 11 is 0. The molecule has 4 rings (SSSR count). The average molecular weight is 462 g/mol. The summed E-state index contributed by atoms with van der Waals surface area (Å²) in [6.45, 7) is 5.06. The average Bonchev–Trinajstić information content (AvgIpc) is 3.27. The Morgan fingerprint density at radius 2 is 1.75 bits per heavy atom. The van der Waals surface area contributed by atoms with E-state index in [2.05, 4.69) is 9.62 Å². The fourth-order valence-corrected chi connectivity index (χ4v) is 5.00. The molecule has 2 aromatic carbocycles. The highest BCUT2D eigenvalue weighted by atomic mass is 32.2. The number of benzene rings is 2. The Morgan fingerprint density at radius 1 is 1.06 bits per heavy atom. The highest BCUT2D eigenvalue weighted by Gasteiger charge is 2.28. The quantitative estimate of drug-likeness (QED) is 0.666. The van der Waals surface area contributed by atoms with Crippen LogP contribution in [0.2, 0.25) is 0 Å². The van der Waals surface area contributed by atoms with E-state index in [-0.39, 0.29) is 17.6 Å². The number of sulfonamides is 1. The number of rotatable bonds is 7. The fraction of sp³-hybridized carbons (Fsp3) is 0.409. The number of hydrogen-bond donors (Lipinski definition) is 1. The number of piperazine rings is 1. The normalized spacial score (nSPS) is 17.2. The van der Waals surface area contributed by atoms with Gasteiger partial charge in [-0.15, -0.1) is 0 Å². The maximum atomic E-state index is 12.8. The first-order chi connectivity index (χ1) is 15.4. The van der Waals surface area contributed by atoms with Crippen LogP contribution in [-0.4, -0.2) is 70.2 Å². The van der Waals surface area contributed by atoms with Crippen LogP contribution in [0.3, 0.4) is 0 Å². The van der Waals surface area contributed by atoms with Gasteiger partial charge in [0.15, 0.2) is 11.5 Å². The maximum absolute atomic E-state index is 12.8. The molecule has 0 saturated carbocycles. The molecular formula is C22H27N3O6S. The molecular weight excluding hydrogens is 434 g/mol. The molecule has 1 N–H and O–H groups in total. The Bertz CT molecular complexity index is 1070. The van der Waals surface area contributed by atoms with Crippen molar-refractivity contribution in [1.82, 2.24) is 14.5 Å². The summed E-state index contributed by atoms with van der Waals surface area (Å²) < 4.78 is 43.5. The molecule has 172 valence electrons. The first kappa shape index (κ1) is 22.4. The second-order valence-corrected chi connectivity index (χ2v) is 9.52.